The second-order valence-electron chi connectivity index (χ2n) is 5.46. The minimum absolute atomic E-state index is 0. The molecule has 0 aliphatic carbocycles. The Kier molecular flexibility index (Phi) is 10.7. The zero-order chi connectivity index (χ0) is 16.0. The molecule has 0 bridgehead atoms. The molecule has 24 heavy (non-hydrogen) atoms. The van der Waals surface area contributed by atoms with E-state index < -0.39 is 12.6 Å². The van der Waals surface area contributed by atoms with Gasteiger partial charge < -0.3 is 10.1 Å². The average Bonchev–Trinajstić information content (AvgIpc) is 2.48. The van der Waals surface area contributed by atoms with Crippen LogP contribution in [0.25, 0.3) is 0 Å². The summed E-state index contributed by atoms with van der Waals surface area (Å²) in [6.45, 7) is 5.60. The van der Waals surface area contributed by atoms with Gasteiger partial charge in [-0.25, -0.2) is 0 Å². The van der Waals surface area contributed by atoms with Gasteiger partial charge in [-0.3, -0.25) is 4.90 Å². The molecule has 1 saturated heterocycles. The second kappa shape index (κ2) is 11.0. The van der Waals surface area contributed by atoms with E-state index in [2.05, 4.69) is 10.2 Å². The average molecular weight is 389 g/mol. The van der Waals surface area contributed by atoms with E-state index >= 15 is 0 Å². The number of halogens is 5. The van der Waals surface area contributed by atoms with Crippen LogP contribution in [-0.4, -0.2) is 43.9 Å². The van der Waals surface area contributed by atoms with Crippen LogP contribution in [0.15, 0.2) is 24.3 Å². The second-order valence-corrected chi connectivity index (χ2v) is 5.46. The molecule has 1 N–H and O–H groups in total. The van der Waals surface area contributed by atoms with Crippen molar-refractivity contribution < 1.29 is 17.9 Å². The Morgan fingerprint density at radius 1 is 1.21 bits per heavy atom. The number of benzene rings is 1. The predicted octanol–water partition coefficient (Wildman–Crippen LogP) is 4.22. The first-order valence-corrected chi connectivity index (χ1v) is 7.74. The molecule has 3 nitrogen and oxygen atoms in total. The fraction of sp³-hybridized carbons (Fsp3) is 0.625. The van der Waals surface area contributed by atoms with Crippen LogP contribution in [-0.2, 0) is 0 Å². The molecule has 0 unspecified atom stereocenters. The fourth-order valence-corrected chi connectivity index (χ4v) is 2.83. The molecule has 0 aromatic heterocycles. The quantitative estimate of drug-likeness (QED) is 0.789. The monoisotopic (exact) mass is 388 g/mol. The molecule has 1 aromatic carbocycles. The molecule has 140 valence electrons. The van der Waals surface area contributed by atoms with Crippen molar-refractivity contribution in [3.8, 4) is 5.75 Å². The maximum atomic E-state index is 12.6. The highest BCUT2D eigenvalue weighted by Crippen LogP contribution is 2.33. The lowest BCUT2D eigenvalue weighted by Gasteiger charge is -2.35. The van der Waals surface area contributed by atoms with Gasteiger partial charge in [-0.05, 0) is 31.0 Å². The third-order valence-corrected chi connectivity index (χ3v) is 3.85. The normalized spacial score (nSPS) is 16.7. The molecule has 1 aliphatic rings. The highest BCUT2D eigenvalue weighted by Gasteiger charge is 2.31. The van der Waals surface area contributed by atoms with Crippen LogP contribution in [0.4, 0.5) is 13.2 Å². The summed E-state index contributed by atoms with van der Waals surface area (Å²) in [5, 5.41) is 3.24. The highest BCUT2D eigenvalue weighted by atomic mass is 35.5. The third kappa shape index (κ3) is 7.47. The fourth-order valence-electron chi connectivity index (χ4n) is 2.83. The minimum Gasteiger partial charge on any atom is -0.494 e. The number of hydrogen-bond donors (Lipinski definition) is 1. The number of piperazine rings is 1. The number of alkyl halides is 3. The van der Waals surface area contributed by atoms with Gasteiger partial charge in [0.05, 0.1) is 6.61 Å². The summed E-state index contributed by atoms with van der Waals surface area (Å²) in [5.74, 6) is 0.715. The summed E-state index contributed by atoms with van der Waals surface area (Å²) < 4.78 is 43.4. The zero-order valence-electron chi connectivity index (χ0n) is 13.6. The van der Waals surface area contributed by atoms with Crippen LogP contribution >= 0.6 is 24.8 Å². The van der Waals surface area contributed by atoms with Crippen molar-refractivity contribution in [2.75, 3.05) is 32.8 Å². The van der Waals surface area contributed by atoms with Gasteiger partial charge >= 0.3 is 6.18 Å². The first-order valence-electron chi connectivity index (χ1n) is 7.74. The summed E-state index contributed by atoms with van der Waals surface area (Å²) in [5.41, 5.74) is 0.900. The van der Waals surface area contributed by atoms with Gasteiger partial charge in [-0.1, -0.05) is 12.1 Å². The van der Waals surface area contributed by atoms with Crippen LogP contribution < -0.4 is 10.1 Å². The Balaban J connectivity index is 0.00000264. The van der Waals surface area contributed by atoms with Gasteiger partial charge in [0.1, 0.15) is 5.75 Å². The van der Waals surface area contributed by atoms with Crippen LogP contribution in [0.2, 0.25) is 0 Å². The van der Waals surface area contributed by atoms with Crippen molar-refractivity contribution in [2.24, 2.45) is 0 Å². The van der Waals surface area contributed by atoms with E-state index in [1.54, 1.807) is 0 Å². The van der Waals surface area contributed by atoms with Crippen molar-refractivity contribution in [3.63, 3.8) is 0 Å². The van der Waals surface area contributed by atoms with E-state index in [1.807, 2.05) is 31.2 Å². The minimum atomic E-state index is -4.12. The molecule has 0 spiro atoms. The van der Waals surface area contributed by atoms with Gasteiger partial charge in [0, 0.05) is 38.6 Å². The lowest BCUT2D eigenvalue weighted by molar-refractivity contribution is -0.138. The zero-order valence-corrected chi connectivity index (χ0v) is 15.3. The van der Waals surface area contributed by atoms with Gasteiger partial charge in [0.25, 0.3) is 0 Å². The largest absolute Gasteiger partial charge is 0.494 e. The Hall–Kier alpha value is -0.690. The number of nitrogens with one attached hydrogen (secondary N) is 1. The lowest BCUT2D eigenvalue weighted by Crippen LogP contribution is -2.45. The Morgan fingerprint density at radius 3 is 2.46 bits per heavy atom. The Bertz CT molecular complexity index is 469. The Morgan fingerprint density at radius 2 is 1.88 bits per heavy atom. The van der Waals surface area contributed by atoms with E-state index in [4.69, 9.17) is 4.74 Å². The first kappa shape index (κ1) is 23.3. The van der Waals surface area contributed by atoms with E-state index in [9.17, 15) is 13.2 Å². The van der Waals surface area contributed by atoms with E-state index in [0.717, 1.165) is 31.7 Å². The summed E-state index contributed by atoms with van der Waals surface area (Å²) in [6.07, 6.45) is -4.80. The predicted molar refractivity (Wildman–Crippen MR) is 94.6 cm³/mol. The first-order chi connectivity index (χ1) is 10.5. The molecule has 1 atom stereocenters. The maximum absolute atomic E-state index is 12.6. The van der Waals surface area contributed by atoms with Crippen LogP contribution in [0.5, 0.6) is 5.75 Å². The molecule has 8 heteroatoms. The van der Waals surface area contributed by atoms with Crippen molar-refractivity contribution in [1.82, 2.24) is 10.2 Å². The van der Waals surface area contributed by atoms with Gasteiger partial charge in [-0.15, -0.1) is 24.8 Å². The SMILES string of the molecule is CCOc1cccc([C@H](CCC(F)(F)F)N2CCNCC2)c1.Cl.Cl. The molecular formula is C16H25Cl2F3N2O. The summed E-state index contributed by atoms with van der Waals surface area (Å²) in [4.78, 5) is 2.13. The van der Waals surface area contributed by atoms with Crippen molar-refractivity contribution in [3.05, 3.63) is 29.8 Å². The molecule has 1 heterocycles. The van der Waals surface area contributed by atoms with Gasteiger partial charge in [-0.2, -0.15) is 13.2 Å². The van der Waals surface area contributed by atoms with Crippen molar-refractivity contribution in [2.45, 2.75) is 32.0 Å². The van der Waals surface area contributed by atoms with E-state index in [1.165, 1.54) is 0 Å². The molecule has 1 aliphatic heterocycles. The number of hydrogen-bond acceptors (Lipinski definition) is 3. The van der Waals surface area contributed by atoms with Gasteiger partial charge in [0.15, 0.2) is 0 Å². The van der Waals surface area contributed by atoms with Gasteiger partial charge in [0.2, 0.25) is 0 Å². The van der Waals surface area contributed by atoms with Crippen LogP contribution in [0, 0.1) is 0 Å². The van der Waals surface area contributed by atoms with Crippen LogP contribution in [0.3, 0.4) is 0 Å². The molecule has 0 radical (unpaired) electrons. The van der Waals surface area contributed by atoms with E-state index in [-0.39, 0.29) is 37.3 Å². The third-order valence-electron chi connectivity index (χ3n) is 3.85. The summed E-state index contributed by atoms with van der Waals surface area (Å²) >= 11 is 0. The lowest BCUT2D eigenvalue weighted by atomic mass is 9.99. The highest BCUT2D eigenvalue weighted by molar-refractivity contribution is 5.85. The number of nitrogens with zero attached hydrogens (tertiary/aromatic N) is 1. The standard InChI is InChI=1S/C16H23F3N2O.2ClH/c1-2-22-14-5-3-4-13(12-14)15(6-7-16(17,18)19)21-10-8-20-9-11-21;;/h3-5,12,15,20H,2,6-11H2,1H3;2*1H/t15-;;/m0../s1. The van der Waals surface area contributed by atoms with Crippen molar-refractivity contribution >= 4 is 24.8 Å². The molecule has 1 fully saturated rings. The molecule has 0 amide bonds. The number of ether oxygens (including phenoxy) is 1. The summed E-state index contributed by atoms with van der Waals surface area (Å²) in [7, 11) is 0. The maximum Gasteiger partial charge on any atom is 0.389 e. The topological polar surface area (TPSA) is 24.5 Å². The molecule has 0 saturated carbocycles. The molecular weight excluding hydrogens is 364 g/mol. The summed E-state index contributed by atoms with van der Waals surface area (Å²) in [6, 6.07) is 7.23. The number of rotatable bonds is 6. The molecule has 2 rings (SSSR count). The van der Waals surface area contributed by atoms with E-state index in [0.29, 0.717) is 12.4 Å². The Labute approximate surface area is 153 Å². The smallest absolute Gasteiger partial charge is 0.389 e. The van der Waals surface area contributed by atoms with Crippen LogP contribution in [0.1, 0.15) is 31.4 Å². The van der Waals surface area contributed by atoms with Crippen molar-refractivity contribution in [1.29, 1.82) is 0 Å². The molecule has 1 aromatic rings.